The first kappa shape index (κ1) is 91.6. The molecular weight excluding hydrogens is 1340 g/mol. The van der Waals surface area contributed by atoms with E-state index in [2.05, 4.69) is 72.8 Å². The molecule has 0 spiro atoms. The number of carboxylic acids is 1. The Balaban J connectivity index is 0.00000124. The maximum atomic E-state index is 11.8. The number of halogens is 1. The van der Waals surface area contributed by atoms with Crippen LogP contribution in [0.3, 0.4) is 0 Å². The van der Waals surface area contributed by atoms with Crippen LogP contribution >= 0.6 is 11.6 Å². The van der Waals surface area contributed by atoms with E-state index >= 15 is 0 Å². The number of carbonyl (C=O) groups excluding carboxylic acids is 7. The Morgan fingerprint density at radius 1 is 0.584 bits per heavy atom. The number of hydrogen-bond acceptors (Lipinski definition) is 22. The van der Waals surface area contributed by atoms with E-state index in [1.165, 1.54) is 68.3 Å². The lowest BCUT2D eigenvalue weighted by Gasteiger charge is -2.22. The van der Waals surface area contributed by atoms with Gasteiger partial charge in [-0.25, -0.2) is 28.8 Å². The highest BCUT2D eigenvalue weighted by Gasteiger charge is 2.24. The molecule has 0 heterocycles. The molecule has 0 bridgehead atoms. The smallest absolute Gasteiger partial charge is 0.480 e. The van der Waals surface area contributed by atoms with Crippen LogP contribution in [0.4, 0.5) is 35.3 Å². The van der Waals surface area contributed by atoms with Crippen molar-refractivity contribution in [3.8, 4) is 58.9 Å². The Hall–Kier alpha value is -9.35. The van der Waals surface area contributed by atoms with Crippen LogP contribution in [0.1, 0.15) is 223 Å². The maximum absolute atomic E-state index is 11.8. The minimum absolute atomic E-state index is 0. The molecule has 2 aromatic carbocycles. The number of amides is 3. The molecule has 6 atom stereocenters. The van der Waals surface area contributed by atoms with Gasteiger partial charge in [0.15, 0.2) is 24.5 Å². The average Bonchev–Trinajstić information content (AvgIpc) is 0.903. The largest absolute Gasteiger partial charge is 0.515 e. The fourth-order valence-corrected chi connectivity index (χ4v) is 8.82. The van der Waals surface area contributed by atoms with Crippen molar-refractivity contribution in [1.29, 1.82) is 0 Å². The number of nitro groups is 2. The van der Waals surface area contributed by atoms with Crippen molar-refractivity contribution < 1.29 is 96.3 Å². The molecule has 4 unspecified atom stereocenters. The minimum Gasteiger partial charge on any atom is -0.480 e. The number of nitrogens with one attached hydrogen (secondary N) is 3. The molecule has 0 aliphatic heterocycles. The van der Waals surface area contributed by atoms with Crippen molar-refractivity contribution in [3.05, 3.63) is 68.8 Å². The van der Waals surface area contributed by atoms with Crippen LogP contribution in [0.2, 0.25) is 0 Å². The summed E-state index contributed by atoms with van der Waals surface area (Å²) < 4.78 is 39.6. The number of esters is 1. The van der Waals surface area contributed by atoms with Crippen LogP contribution in [-0.4, -0.2) is 129 Å². The lowest BCUT2D eigenvalue weighted by atomic mass is 10.1. The number of nitro benzene ring substituents is 2. The predicted molar refractivity (Wildman–Crippen MR) is 377 cm³/mol. The van der Waals surface area contributed by atoms with E-state index in [0.717, 1.165) is 122 Å². The highest BCUT2D eigenvalue weighted by molar-refractivity contribution is 6.61. The van der Waals surface area contributed by atoms with E-state index in [1.54, 1.807) is 20.8 Å². The summed E-state index contributed by atoms with van der Waals surface area (Å²) in [4.78, 5) is 108. The molecule has 28 nitrogen and oxygen atoms in total. The molecule has 101 heavy (non-hydrogen) atoms. The third-order valence-electron chi connectivity index (χ3n) is 13.4. The second kappa shape index (κ2) is 54.5. The predicted octanol–water partition coefficient (Wildman–Crippen LogP) is 14.0. The number of unbranched alkanes of at least 4 members (excludes halogenated alkanes) is 2. The summed E-state index contributed by atoms with van der Waals surface area (Å²) in [6, 6.07) is 9.20. The molecule has 0 fully saturated rings. The number of hydrogen-bond donors (Lipinski definition) is 6. The molecule has 0 saturated carbocycles. The first-order chi connectivity index (χ1) is 47.4. The lowest BCUT2D eigenvalue weighted by molar-refractivity contribution is -0.385. The van der Waals surface area contributed by atoms with E-state index in [9.17, 15) is 63.7 Å². The summed E-state index contributed by atoms with van der Waals surface area (Å²) in [5.74, 6) is 22.6. The number of rotatable bonds is 21. The van der Waals surface area contributed by atoms with Gasteiger partial charge in [-0.1, -0.05) is 74.6 Å². The van der Waals surface area contributed by atoms with Gasteiger partial charge in [0.25, 0.3) is 17.8 Å². The fourth-order valence-electron chi connectivity index (χ4n) is 8.73. The second-order valence-corrected chi connectivity index (χ2v) is 25.0. The first-order valence-electron chi connectivity index (χ1n) is 33.5. The molecule has 560 valence electrons. The quantitative estimate of drug-likeness (QED) is 0.00646. The van der Waals surface area contributed by atoms with E-state index < -0.39 is 69.7 Å². The van der Waals surface area contributed by atoms with Gasteiger partial charge in [-0.2, -0.15) is 0 Å². The number of aliphatic carboxylic acids is 1. The summed E-state index contributed by atoms with van der Waals surface area (Å²) in [5.41, 5.74) is 3.35. The fraction of sp³-hybridized carbons (Fsp3) is 0.611. The number of aliphatic hydroxyl groups excluding tert-OH is 1. The number of carbonyl (C=O) groups is 8. The Kier molecular flexibility index (Phi) is 49.4. The van der Waals surface area contributed by atoms with Crippen LogP contribution in [0.15, 0.2) is 48.5 Å². The maximum Gasteiger partial charge on any atom is 0.515 e. The highest BCUT2D eigenvalue weighted by atomic mass is 35.5. The molecule has 0 aromatic heterocycles. The molecule has 29 heteroatoms. The zero-order chi connectivity index (χ0) is 74.6. The third kappa shape index (κ3) is 53.3. The van der Waals surface area contributed by atoms with Gasteiger partial charge >= 0.3 is 41.8 Å². The molecule has 4 aliphatic carbocycles. The van der Waals surface area contributed by atoms with Crippen molar-refractivity contribution in [3.63, 3.8) is 0 Å². The Morgan fingerprint density at radius 3 is 1.36 bits per heavy atom. The number of ether oxygens (including phenoxy) is 8. The number of alkyl carbamates (subject to hydrolysis) is 3. The van der Waals surface area contributed by atoms with Crippen LogP contribution in [0.5, 0.6) is 11.5 Å². The number of nitrogens with zero attached hydrogens (tertiary/aromatic N) is 2. The van der Waals surface area contributed by atoms with E-state index in [0.29, 0.717) is 45.2 Å². The molecule has 3 amide bonds. The standard InChI is InChI=1S/C20H32N2O6.C15H24N2O4.C15H15NO5.C8H12O.C7H4ClNO4.C6H12O2.CH4/c1-20(2,3)28-19(26)22-16(17(23)24)13-9-10-14-21-18(25)27-15-11-7-5-4-6-8-12-15;16-14(20-12-18)10-6-7-11-17-15(19)21-13-8-4-2-1-3-5-9-13;17-15(20-13-6-4-2-1-3-5-7-13)21-14-10-8-12(9-11-14)16(18)19;9-8-6-4-2-1-3-5-7-8;8-7(10)13-6-3-1-5(2-4-6)9(11)12;1-5(7)8-6(2,3)4;/h15-16H,4-7,9-11,13-14H2,1-3H3,(H,21,25)(H,22,26)(H,23,24);12-14H,1-4,6-8,10-11,16H2,(H,17,19);8-11,13H,1-4,6H2;8-9H,1-4,6H2;1-4H;1-4H3;1H4/t15?,16-;13?,14-;;;;;/m01...../s1. The van der Waals surface area contributed by atoms with Gasteiger partial charge < -0.3 is 64.1 Å². The van der Waals surface area contributed by atoms with Crippen LogP contribution in [-0.2, 0) is 42.8 Å². The number of aliphatic hydroxyl groups is 1. The van der Waals surface area contributed by atoms with Gasteiger partial charge in [-0.3, -0.25) is 35.6 Å². The Bertz CT molecular complexity index is 3090. The zero-order valence-electron chi connectivity index (χ0n) is 58.4. The Labute approximate surface area is 598 Å². The normalized spacial score (nSPS) is 17.1. The zero-order valence-corrected chi connectivity index (χ0v) is 59.1. The number of non-ortho nitro benzene ring substituents is 2. The lowest BCUT2D eigenvalue weighted by Crippen LogP contribution is -2.43. The Morgan fingerprint density at radius 2 is 0.980 bits per heavy atom. The number of benzene rings is 2. The SMILES string of the molecule is C.CC(=O)OC(C)(C)C.CC(C)(C)OC(=O)N[C@@H](CCCCNC(=O)OC1C#CCCCCC1)C(=O)O.N[C@@H](CCCCNC(=O)OC1C#CCCCCC1)OC=O.O=C(Cl)Oc1ccc([N+](=O)[O-])cc1.O=C(Oc1ccc([N+](=O)[O-])cc1)OC1C#CCCCCC1.OC1C#CCCCCC1. The number of carboxylic acid groups (broad SMARTS) is 1. The number of nitrogens with two attached hydrogens (primary N) is 1. The summed E-state index contributed by atoms with van der Waals surface area (Å²) in [6.45, 7) is 13.3. The van der Waals surface area contributed by atoms with E-state index in [1.807, 2.05) is 20.8 Å². The van der Waals surface area contributed by atoms with Gasteiger partial charge in [0.1, 0.15) is 34.8 Å². The molecule has 0 radical (unpaired) electrons. The molecule has 2 aromatic rings. The third-order valence-corrected chi connectivity index (χ3v) is 13.5. The summed E-state index contributed by atoms with van der Waals surface area (Å²) in [5, 5.41) is 46.7. The van der Waals surface area contributed by atoms with Crippen molar-refractivity contribution >= 4 is 71.3 Å². The highest BCUT2D eigenvalue weighted by Crippen LogP contribution is 2.21. The molecule has 6 rings (SSSR count). The molecular formula is C72H103ClN6O22. The summed E-state index contributed by atoms with van der Waals surface area (Å²) in [7, 11) is 0. The van der Waals surface area contributed by atoms with Gasteiger partial charge in [-0.15, -0.1) is 5.92 Å². The van der Waals surface area contributed by atoms with Crippen molar-refractivity contribution in [2.45, 2.75) is 271 Å². The van der Waals surface area contributed by atoms with Crippen molar-refractivity contribution in [1.82, 2.24) is 16.0 Å². The summed E-state index contributed by atoms with van der Waals surface area (Å²) >= 11 is 4.92. The minimum atomic E-state index is -1.12. The average molecular weight is 1440 g/mol. The van der Waals surface area contributed by atoms with Crippen LogP contribution in [0.25, 0.3) is 0 Å². The second-order valence-electron chi connectivity index (χ2n) is 24.6. The van der Waals surface area contributed by atoms with Gasteiger partial charge in [0.2, 0.25) is 0 Å². The molecule has 0 saturated heterocycles. The van der Waals surface area contributed by atoms with Gasteiger partial charge in [0.05, 0.1) is 9.85 Å². The first-order valence-corrected chi connectivity index (χ1v) is 33.8. The van der Waals surface area contributed by atoms with Crippen molar-refractivity contribution in [2.75, 3.05) is 13.1 Å². The van der Waals surface area contributed by atoms with Gasteiger partial charge in [0, 0.05) is 81.6 Å². The topological polar surface area (TPSA) is 399 Å². The van der Waals surface area contributed by atoms with Crippen molar-refractivity contribution in [2.24, 2.45) is 5.73 Å². The summed E-state index contributed by atoms with van der Waals surface area (Å²) in [6.07, 6.45) is 18.6. The van der Waals surface area contributed by atoms with E-state index in [4.69, 9.17) is 50.9 Å². The van der Waals surface area contributed by atoms with E-state index in [-0.39, 0.29) is 66.6 Å². The van der Waals surface area contributed by atoms with Gasteiger partial charge in [-0.05, 0) is 181 Å². The van der Waals surface area contributed by atoms with Crippen LogP contribution in [0, 0.1) is 67.6 Å². The monoisotopic (exact) mass is 1440 g/mol. The van der Waals surface area contributed by atoms with Crippen LogP contribution < -0.4 is 31.2 Å². The molecule has 7 N–H and O–H groups in total. The molecule has 4 aliphatic rings.